The highest BCUT2D eigenvalue weighted by Crippen LogP contribution is 2.29. The minimum atomic E-state index is -1.13. The number of nitrogens with zero attached hydrogens (tertiary/aromatic N) is 1. The van der Waals surface area contributed by atoms with Crippen molar-refractivity contribution in [1.82, 2.24) is 0 Å². The van der Waals surface area contributed by atoms with Gasteiger partial charge in [0.2, 0.25) is 5.76 Å². The van der Waals surface area contributed by atoms with Gasteiger partial charge in [-0.1, -0.05) is 0 Å². The molecule has 0 atom stereocenters. The number of hydrogen-bond acceptors (Lipinski definition) is 7. The summed E-state index contributed by atoms with van der Waals surface area (Å²) >= 11 is 0. The van der Waals surface area contributed by atoms with Crippen LogP contribution in [-0.2, 0) is 6.61 Å². The van der Waals surface area contributed by atoms with Gasteiger partial charge in [-0.05, 0) is 84.4 Å². The van der Waals surface area contributed by atoms with Crippen LogP contribution in [0.15, 0.2) is 88.3 Å². The van der Waals surface area contributed by atoms with Crippen LogP contribution in [0.4, 0.5) is 5.69 Å². The van der Waals surface area contributed by atoms with Crippen LogP contribution in [-0.4, -0.2) is 31.5 Å². The van der Waals surface area contributed by atoms with Crippen LogP contribution in [0, 0.1) is 0 Å². The molecule has 1 aromatic heterocycles. The normalized spacial score (nSPS) is 10.8. The number of hydrogen-bond donors (Lipinski definition) is 1. The lowest BCUT2D eigenvalue weighted by Gasteiger charge is -2.10. The number of carbonyl (C=O) groups is 1. The molecule has 4 rings (SSSR count). The third-order valence-electron chi connectivity index (χ3n) is 4.92. The molecule has 8 nitrogen and oxygen atoms in total. The highest BCUT2D eigenvalue weighted by molar-refractivity contribution is 5.84. The van der Waals surface area contributed by atoms with Gasteiger partial charge in [-0.15, -0.1) is 0 Å². The van der Waals surface area contributed by atoms with E-state index in [0.717, 1.165) is 17.0 Å². The highest BCUT2D eigenvalue weighted by atomic mass is 16.5. The zero-order valence-electron chi connectivity index (χ0n) is 19.1. The van der Waals surface area contributed by atoms with E-state index >= 15 is 0 Å². The van der Waals surface area contributed by atoms with E-state index in [1.807, 2.05) is 54.6 Å². The predicted molar refractivity (Wildman–Crippen MR) is 130 cm³/mol. The number of rotatable bonds is 10. The Balaban J connectivity index is 1.37. The van der Waals surface area contributed by atoms with Gasteiger partial charge in [-0.3, -0.25) is 4.99 Å². The molecule has 0 radical (unpaired) electrons. The van der Waals surface area contributed by atoms with Gasteiger partial charge in [0.25, 0.3) is 0 Å². The van der Waals surface area contributed by atoms with E-state index in [4.69, 9.17) is 28.5 Å². The van der Waals surface area contributed by atoms with E-state index in [0.29, 0.717) is 28.8 Å². The van der Waals surface area contributed by atoms with Crippen LogP contribution in [0.25, 0.3) is 0 Å². The molecule has 1 heterocycles. The molecule has 3 aromatic carbocycles. The van der Waals surface area contributed by atoms with Gasteiger partial charge < -0.3 is 28.5 Å². The number of carboxylic acid groups (broad SMARTS) is 1. The van der Waals surface area contributed by atoms with Crippen LogP contribution in [0.1, 0.15) is 21.9 Å². The third-order valence-corrected chi connectivity index (χ3v) is 4.92. The monoisotopic (exact) mass is 473 g/mol. The second kappa shape index (κ2) is 10.9. The molecule has 0 saturated carbocycles. The number of aromatic carboxylic acids is 1. The molecular weight excluding hydrogens is 450 g/mol. The van der Waals surface area contributed by atoms with Crippen molar-refractivity contribution in [3.8, 4) is 28.7 Å². The minimum Gasteiger partial charge on any atom is -0.497 e. The van der Waals surface area contributed by atoms with Crippen LogP contribution in [0.3, 0.4) is 0 Å². The zero-order valence-corrected chi connectivity index (χ0v) is 19.1. The summed E-state index contributed by atoms with van der Waals surface area (Å²) in [5.41, 5.74) is 1.58. The molecule has 0 amide bonds. The Morgan fingerprint density at radius 2 is 1.54 bits per heavy atom. The van der Waals surface area contributed by atoms with Crippen LogP contribution < -0.4 is 18.9 Å². The summed E-state index contributed by atoms with van der Waals surface area (Å²) in [7, 11) is 3.16. The van der Waals surface area contributed by atoms with E-state index in [9.17, 15) is 4.79 Å². The number of carboxylic acids is 1. The first-order chi connectivity index (χ1) is 17.0. The highest BCUT2D eigenvalue weighted by Gasteiger charge is 2.11. The van der Waals surface area contributed by atoms with Crippen molar-refractivity contribution in [3.05, 3.63) is 95.9 Å². The molecule has 8 heteroatoms. The molecule has 0 spiro atoms. The molecule has 0 unspecified atom stereocenters. The standard InChI is InChI=1S/C27H23NO7/c1-31-20-8-10-22(11-9-20)34-21-6-4-19(5-7-21)28-16-18-3-13-24(26(15-18)32-2)33-17-23-12-14-25(35-23)27(29)30/h3-16H,17H2,1-2H3,(H,29,30). The summed E-state index contributed by atoms with van der Waals surface area (Å²) in [4.78, 5) is 15.4. The Kier molecular flexibility index (Phi) is 7.32. The molecule has 35 heavy (non-hydrogen) atoms. The number of furan rings is 1. The van der Waals surface area contributed by atoms with Gasteiger partial charge in [0.15, 0.2) is 11.5 Å². The topological polar surface area (TPSA) is 99.7 Å². The van der Waals surface area contributed by atoms with Crippen molar-refractivity contribution in [2.45, 2.75) is 6.61 Å². The maximum Gasteiger partial charge on any atom is 0.371 e. The quantitative estimate of drug-likeness (QED) is 0.277. The van der Waals surface area contributed by atoms with Crippen LogP contribution in [0.2, 0.25) is 0 Å². The number of benzene rings is 3. The average molecular weight is 473 g/mol. The lowest BCUT2D eigenvalue weighted by atomic mass is 10.2. The Hall–Kier alpha value is -4.72. The first kappa shape index (κ1) is 23.4. The van der Waals surface area contributed by atoms with Gasteiger partial charge >= 0.3 is 5.97 Å². The summed E-state index contributed by atoms with van der Waals surface area (Å²) in [6.07, 6.45) is 1.72. The van der Waals surface area contributed by atoms with Crippen molar-refractivity contribution < 1.29 is 33.3 Å². The van der Waals surface area contributed by atoms with Crippen molar-refractivity contribution >= 4 is 17.9 Å². The van der Waals surface area contributed by atoms with Crippen molar-refractivity contribution in [2.75, 3.05) is 14.2 Å². The van der Waals surface area contributed by atoms with Crippen molar-refractivity contribution in [2.24, 2.45) is 4.99 Å². The van der Waals surface area contributed by atoms with Crippen molar-refractivity contribution in [1.29, 1.82) is 0 Å². The first-order valence-corrected chi connectivity index (χ1v) is 10.6. The fourth-order valence-electron chi connectivity index (χ4n) is 3.13. The van der Waals surface area contributed by atoms with Crippen LogP contribution >= 0.6 is 0 Å². The van der Waals surface area contributed by atoms with Gasteiger partial charge in [0.05, 0.1) is 19.9 Å². The second-order valence-corrected chi connectivity index (χ2v) is 7.30. The van der Waals surface area contributed by atoms with E-state index in [-0.39, 0.29) is 12.4 Å². The fraction of sp³-hybridized carbons (Fsp3) is 0.111. The molecule has 0 aliphatic carbocycles. The maximum atomic E-state index is 10.9. The van der Waals surface area contributed by atoms with E-state index in [2.05, 4.69) is 4.99 Å². The Labute approximate surface area is 202 Å². The second-order valence-electron chi connectivity index (χ2n) is 7.30. The van der Waals surface area contributed by atoms with Gasteiger partial charge in [-0.2, -0.15) is 0 Å². The zero-order chi connectivity index (χ0) is 24.6. The Bertz CT molecular complexity index is 1310. The van der Waals surface area contributed by atoms with E-state index in [1.165, 1.54) is 6.07 Å². The summed E-state index contributed by atoms with van der Waals surface area (Å²) in [6, 6.07) is 23.1. The fourth-order valence-corrected chi connectivity index (χ4v) is 3.13. The van der Waals surface area contributed by atoms with Gasteiger partial charge in [0.1, 0.15) is 29.6 Å². The molecule has 178 valence electrons. The predicted octanol–water partition coefficient (Wildman–Crippen LogP) is 6.12. The molecule has 0 aliphatic heterocycles. The Morgan fingerprint density at radius 1 is 0.857 bits per heavy atom. The van der Waals surface area contributed by atoms with Crippen LogP contribution in [0.5, 0.6) is 28.7 Å². The minimum absolute atomic E-state index is 0.0714. The van der Waals surface area contributed by atoms with E-state index < -0.39 is 5.97 Å². The van der Waals surface area contributed by atoms with Crippen molar-refractivity contribution in [3.63, 3.8) is 0 Å². The average Bonchev–Trinajstić information content (AvgIpc) is 3.37. The maximum absolute atomic E-state index is 10.9. The lowest BCUT2D eigenvalue weighted by Crippen LogP contribution is -1.98. The molecule has 0 saturated heterocycles. The molecule has 0 fully saturated rings. The molecule has 1 N–H and O–H groups in total. The molecule has 4 aromatic rings. The molecule has 0 bridgehead atoms. The summed E-state index contributed by atoms with van der Waals surface area (Å²) in [6.45, 7) is 0.0714. The largest absolute Gasteiger partial charge is 0.497 e. The summed E-state index contributed by atoms with van der Waals surface area (Å²) in [5.74, 6) is 2.33. The summed E-state index contributed by atoms with van der Waals surface area (Å²) in [5, 5.41) is 8.94. The summed E-state index contributed by atoms with van der Waals surface area (Å²) < 4.78 is 27.3. The molecular formula is C27H23NO7. The van der Waals surface area contributed by atoms with Gasteiger partial charge in [-0.25, -0.2) is 4.79 Å². The number of aliphatic imine (C=N–C) groups is 1. The Morgan fingerprint density at radius 3 is 2.17 bits per heavy atom. The SMILES string of the molecule is COc1ccc(Oc2ccc(N=Cc3ccc(OCc4ccc(C(=O)O)o4)c(OC)c3)cc2)cc1. The number of ether oxygens (including phenoxy) is 4. The van der Waals surface area contributed by atoms with E-state index in [1.54, 1.807) is 38.6 Å². The smallest absolute Gasteiger partial charge is 0.371 e. The number of methoxy groups -OCH3 is 2. The third kappa shape index (κ3) is 6.20. The first-order valence-electron chi connectivity index (χ1n) is 10.6. The van der Waals surface area contributed by atoms with Gasteiger partial charge in [0, 0.05) is 6.21 Å². The lowest BCUT2D eigenvalue weighted by molar-refractivity contribution is 0.0658. The molecule has 0 aliphatic rings.